The lowest BCUT2D eigenvalue weighted by molar-refractivity contribution is 0.103. The molecule has 1 aromatic heterocycles. The number of rotatable bonds is 4. The predicted octanol–water partition coefficient (Wildman–Crippen LogP) is 3.02. The molecule has 0 N–H and O–H groups in total. The molecule has 0 spiro atoms. The van der Waals surface area contributed by atoms with Crippen LogP contribution in [-0.4, -0.2) is 17.4 Å². The number of ether oxygens (including phenoxy) is 1. The summed E-state index contributed by atoms with van der Waals surface area (Å²) in [5.74, 6) is 0.764. The zero-order chi connectivity index (χ0) is 13.0. The third-order valence-electron chi connectivity index (χ3n) is 2.68. The van der Waals surface area contributed by atoms with Gasteiger partial charge < -0.3 is 4.74 Å². The van der Waals surface area contributed by atoms with Crippen molar-refractivity contribution in [2.45, 2.75) is 13.8 Å². The molecule has 0 bridgehead atoms. The number of carbonyl (C=O) groups excluding carboxylic acids is 1. The summed E-state index contributed by atoms with van der Waals surface area (Å²) in [6.45, 7) is 4.38. The molecule has 3 nitrogen and oxygen atoms in total. The van der Waals surface area contributed by atoms with Crippen LogP contribution in [0.5, 0.6) is 5.75 Å². The van der Waals surface area contributed by atoms with Crippen molar-refractivity contribution in [1.82, 2.24) is 4.98 Å². The molecule has 0 atom stereocenters. The van der Waals surface area contributed by atoms with Gasteiger partial charge in [0.1, 0.15) is 5.75 Å². The van der Waals surface area contributed by atoms with Gasteiger partial charge in [-0.3, -0.25) is 9.78 Å². The van der Waals surface area contributed by atoms with Crippen molar-refractivity contribution in [3.05, 3.63) is 59.4 Å². The van der Waals surface area contributed by atoms with Crippen LogP contribution in [0.1, 0.15) is 28.5 Å². The number of ketones is 1. The first-order valence-corrected chi connectivity index (χ1v) is 5.91. The SMILES string of the molecule is CCOc1ccc(C(=O)c2cccnc2C)cc1. The predicted molar refractivity (Wildman–Crippen MR) is 70.0 cm³/mol. The fourth-order valence-electron chi connectivity index (χ4n) is 1.75. The molecular weight excluding hydrogens is 226 g/mol. The van der Waals surface area contributed by atoms with E-state index in [4.69, 9.17) is 4.74 Å². The van der Waals surface area contributed by atoms with E-state index >= 15 is 0 Å². The molecule has 18 heavy (non-hydrogen) atoms. The molecule has 2 rings (SSSR count). The first-order valence-electron chi connectivity index (χ1n) is 5.91. The van der Waals surface area contributed by atoms with E-state index in [9.17, 15) is 4.79 Å². The standard InChI is InChI=1S/C15H15NO2/c1-3-18-13-8-6-12(7-9-13)15(17)14-5-4-10-16-11(14)2/h4-10H,3H2,1-2H3. The Morgan fingerprint density at radius 3 is 2.56 bits per heavy atom. The van der Waals surface area contributed by atoms with Gasteiger partial charge in [-0.1, -0.05) is 0 Å². The van der Waals surface area contributed by atoms with Crippen LogP contribution in [0, 0.1) is 6.92 Å². The van der Waals surface area contributed by atoms with Crippen LogP contribution in [0.3, 0.4) is 0 Å². The highest BCUT2D eigenvalue weighted by Gasteiger charge is 2.11. The van der Waals surface area contributed by atoms with Crippen LogP contribution < -0.4 is 4.74 Å². The minimum absolute atomic E-state index is 0.0105. The Balaban J connectivity index is 2.27. The molecule has 0 radical (unpaired) electrons. The lowest BCUT2D eigenvalue weighted by Gasteiger charge is -2.06. The van der Waals surface area contributed by atoms with Crippen LogP contribution in [0.25, 0.3) is 0 Å². The molecule has 0 fully saturated rings. The number of benzene rings is 1. The third-order valence-corrected chi connectivity index (χ3v) is 2.68. The lowest BCUT2D eigenvalue weighted by Crippen LogP contribution is -2.04. The number of aryl methyl sites for hydroxylation is 1. The van der Waals surface area contributed by atoms with Crippen LogP contribution in [0.15, 0.2) is 42.6 Å². The van der Waals surface area contributed by atoms with Crippen LogP contribution in [-0.2, 0) is 0 Å². The number of hydrogen-bond acceptors (Lipinski definition) is 3. The Labute approximate surface area is 106 Å². The van der Waals surface area contributed by atoms with Crippen LogP contribution in [0.4, 0.5) is 0 Å². The van der Waals surface area contributed by atoms with Gasteiger partial charge in [0.15, 0.2) is 5.78 Å². The smallest absolute Gasteiger partial charge is 0.194 e. The quantitative estimate of drug-likeness (QED) is 0.772. The molecule has 1 heterocycles. The van der Waals surface area contributed by atoms with Crippen molar-refractivity contribution >= 4 is 5.78 Å². The zero-order valence-electron chi connectivity index (χ0n) is 10.5. The van der Waals surface area contributed by atoms with Gasteiger partial charge in [0.2, 0.25) is 0 Å². The summed E-state index contributed by atoms with van der Waals surface area (Å²) in [7, 11) is 0. The fourth-order valence-corrected chi connectivity index (χ4v) is 1.75. The van der Waals surface area contributed by atoms with Gasteiger partial charge in [-0.2, -0.15) is 0 Å². The molecule has 0 aliphatic carbocycles. The lowest BCUT2D eigenvalue weighted by atomic mass is 10.0. The van der Waals surface area contributed by atoms with E-state index in [-0.39, 0.29) is 5.78 Å². The van der Waals surface area contributed by atoms with Gasteiger partial charge in [0.05, 0.1) is 6.61 Å². The van der Waals surface area contributed by atoms with E-state index in [1.165, 1.54) is 0 Å². The molecular formula is C15H15NO2. The first-order chi connectivity index (χ1) is 8.72. The maximum atomic E-state index is 12.3. The Morgan fingerprint density at radius 2 is 1.94 bits per heavy atom. The number of nitrogens with zero attached hydrogens (tertiary/aromatic N) is 1. The summed E-state index contributed by atoms with van der Waals surface area (Å²) in [5, 5.41) is 0. The number of aromatic nitrogens is 1. The molecule has 0 aliphatic heterocycles. The molecule has 0 aliphatic rings. The second-order valence-corrected chi connectivity index (χ2v) is 3.92. The van der Waals surface area contributed by atoms with E-state index in [0.29, 0.717) is 17.7 Å². The van der Waals surface area contributed by atoms with Crippen molar-refractivity contribution in [3.63, 3.8) is 0 Å². The van der Waals surface area contributed by atoms with Crippen molar-refractivity contribution in [2.24, 2.45) is 0 Å². The number of hydrogen-bond donors (Lipinski definition) is 0. The molecule has 3 heteroatoms. The third kappa shape index (κ3) is 2.56. The monoisotopic (exact) mass is 241 g/mol. The van der Waals surface area contributed by atoms with Crippen molar-refractivity contribution in [3.8, 4) is 5.75 Å². The van der Waals surface area contributed by atoms with E-state index in [1.807, 2.05) is 26.0 Å². The largest absolute Gasteiger partial charge is 0.494 e. The highest BCUT2D eigenvalue weighted by atomic mass is 16.5. The summed E-state index contributed by atoms with van der Waals surface area (Å²) >= 11 is 0. The summed E-state index contributed by atoms with van der Waals surface area (Å²) in [4.78, 5) is 16.4. The van der Waals surface area contributed by atoms with Crippen molar-refractivity contribution in [1.29, 1.82) is 0 Å². The van der Waals surface area contributed by atoms with E-state index < -0.39 is 0 Å². The van der Waals surface area contributed by atoms with Gasteiger partial charge >= 0.3 is 0 Å². The second-order valence-electron chi connectivity index (χ2n) is 3.92. The molecule has 0 saturated heterocycles. The van der Waals surface area contributed by atoms with Crippen molar-refractivity contribution in [2.75, 3.05) is 6.61 Å². The van der Waals surface area contributed by atoms with Crippen LogP contribution >= 0.6 is 0 Å². The second kappa shape index (κ2) is 5.45. The fraction of sp³-hybridized carbons (Fsp3) is 0.200. The summed E-state index contributed by atoms with van der Waals surface area (Å²) in [6, 6.07) is 10.7. The maximum absolute atomic E-state index is 12.3. The maximum Gasteiger partial charge on any atom is 0.194 e. The van der Waals surface area contributed by atoms with Gasteiger partial charge in [-0.05, 0) is 50.2 Å². The zero-order valence-corrected chi connectivity index (χ0v) is 10.5. The van der Waals surface area contributed by atoms with E-state index in [2.05, 4.69) is 4.98 Å². The average molecular weight is 241 g/mol. The Bertz CT molecular complexity index is 547. The molecule has 0 unspecified atom stereocenters. The molecule has 0 amide bonds. The summed E-state index contributed by atoms with van der Waals surface area (Å²) in [6.07, 6.45) is 1.68. The minimum Gasteiger partial charge on any atom is -0.494 e. The molecule has 92 valence electrons. The minimum atomic E-state index is -0.0105. The van der Waals surface area contributed by atoms with Gasteiger partial charge in [0.25, 0.3) is 0 Å². The van der Waals surface area contributed by atoms with Gasteiger partial charge in [-0.15, -0.1) is 0 Å². The number of carbonyl (C=O) groups is 1. The first kappa shape index (κ1) is 12.3. The van der Waals surface area contributed by atoms with Crippen molar-refractivity contribution < 1.29 is 9.53 Å². The summed E-state index contributed by atoms with van der Waals surface area (Å²) < 4.78 is 5.35. The Kier molecular flexibility index (Phi) is 3.72. The molecule has 1 aromatic carbocycles. The highest BCUT2D eigenvalue weighted by Crippen LogP contribution is 2.16. The van der Waals surface area contributed by atoms with Crippen LogP contribution in [0.2, 0.25) is 0 Å². The Morgan fingerprint density at radius 1 is 1.22 bits per heavy atom. The topological polar surface area (TPSA) is 39.2 Å². The molecule has 0 saturated carbocycles. The van der Waals surface area contributed by atoms with Gasteiger partial charge in [-0.25, -0.2) is 0 Å². The van der Waals surface area contributed by atoms with Gasteiger partial charge in [0, 0.05) is 23.0 Å². The highest BCUT2D eigenvalue weighted by molar-refractivity contribution is 6.09. The van der Waals surface area contributed by atoms with E-state index in [1.54, 1.807) is 30.5 Å². The molecule has 2 aromatic rings. The van der Waals surface area contributed by atoms with E-state index in [0.717, 1.165) is 11.4 Å². The Hall–Kier alpha value is -2.16. The summed E-state index contributed by atoms with van der Waals surface area (Å²) in [5.41, 5.74) is 2.03. The number of pyridine rings is 1. The normalized spacial score (nSPS) is 10.1. The average Bonchev–Trinajstić information content (AvgIpc) is 2.40.